The van der Waals surface area contributed by atoms with Gasteiger partial charge >= 0.3 is 0 Å². The van der Waals surface area contributed by atoms with Crippen LogP contribution in [0.4, 0.5) is 0 Å². The molecule has 0 unspecified atom stereocenters. The van der Waals surface area contributed by atoms with E-state index in [1.807, 2.05) is 16.9 Å². The van der Waals surface area contributed by atoms with Gasteiger partial charge in [0.1, 0.15) is 12.4 Å². The van der Waals surface area contributed by atoms with E-state index in [1.54, 1.807) is 0 Å². The lowest BCUT2D eigenvalue weighted by Gasteiger charge is -2.14. The van der Waals surface area contributed by atoms with E-state index in [-0.39, 0.29) is 0 Å². The van der Waals surface area contributed by atoms with E-state index in [0.717, 1.165) is 36.9 Å². The van der Waals surface area contributed by atoms with Crippen LogP contribution in [0, 0.1) is 6.92 Å². The molecule has 0 spiro atoms. The van der Waals surface area contributed by atoms with Gasteiger partial charge in [0, 0.05) is 24.9 Å². The summed E-state index contributed by atoms with van der Waals surface area (Å²) in [4.78, 5) is 0. The largest absolute Gasteiger partial charge is 0.313 e. The highest BCUT2D eigenvalue weighted by atomic mass is 15.3. The number of nitrogens with zero attached hydrogens (tertiary/aromatic N) is 5. The van der Waals surface area contributed by atoms with Crippen LogP contribution in [0.15, 0.2) is 12.3 Å². The lowest BCUT2D eigenvalue weighted by molar-refractivity contribution is 0.494. The second-order valence-corrected chi connectivity index (χ2v) is 4.27. The number of hydrogen-bond acceptors (Lipinski definition) is 3. The summed E-state index contributed by atoms with van der Waals surface area (Å²) in [5.41, 5.74) is 1.16. The average molecular weight is 217 g/mol. The highest BCUT2D eigenvalue weighted by Gasteiger charge is 2.16. The van der Waals surface area contributed by atoms with Crippen molar-refractivity contribution < 1.29 is 0 Å². The van der Waals surface area contributed by atoms with Gasteiger partial charge < -0.3 is 4.57 Å². The van der Waals surface area contributed by atoms with Crippen molar-refractivity contribution >= 4 is 0 Å². The summed E-state index contributed by atoms with van der Waals surface area (Å²) in [6.07, 6.45) is 5.35. The van der Waals surface area contributed by atoms with Crippen molar-refractivity contribution in [2.24, 2.45) is 0 Å². The number of aromatic nitrogens is 5. The molecule has 0 bridgehead atoms. The molecule has 0 aromatic carbocycles. The van der Waals surface area contributed by atoms with Crippen molar-refractivity contribution in [3.8, 4) is 0 Å². The highest BCUT2D eigenvalue weighted by molar-refractivity contribution is 5.03. The van der Waals surface area contributed by atoms with Crippen LogP contribution in [-0.4, -0.2) is 24.5 Å². The smallest absolute Gasteiger partial charge is 0.154 e. The Morgan fingerprint density at radius 2 is 2.25 bits per heavy atom. The highest BCUT2D eigenvalue weighted by Crippen LogP contribution is 2.15. The molecule has 5 nitrogen and oxygen atoms in total. The lowest BCUT2D eigenvalue weighted by Crippen LogP contribution is -2.16. The Bertz CT molecular complexity index is 496. The van der Waals surface area contributed by atoms with E-state index in [1.165, 1.54) is 12.8 Å². The Morgan fingerprint density at radius 1 is 1.31 bits per heavy atom. The number of rotatable bonds is 2. The predicted molar refractivity (Wildman–Crippen MR) is 59.0 cm³/mol. The molecule has 3 rings (SSSR count). The molecule has 1 aliphatic rings. The maximum atomic E-state index is 4.28. The van der Waals surface area contributed by atoms with Gasteiger partial charge in [-0.2, -0.15) is 5.10 Å². The van der Waals surface area contributed by atoms with E-state index in [4.69, 9.17) is 0 Å². The first kappa shape index (κ1) is 9.57. The van der Waals surface area contributed by atoms with Gasteiger partial charge in [-0.3, -0.25) is 4.68 Å². The van der Waals surface area contributed by atoms with Crippen LogP contribution in [0.2, 0.25) is 0 Å². The minimum absolute atomic E-state index is 0.728. The molecule has 1 aliphatic heterocycles. The van der Waals surface area contributed by atoms with Crippen molar-refractivity contribution in [2.45, 2.75) is 39.3 Å². The van der Waals surface area contributed by atoms with E-state index < -0.39 is 0 Å². The molecule has 3 heterocycles. The summed E-state index contributed by atoms with van der Waals surface area (Å²) in [6.45, 7) is 3.84. The van der Waals surface area contributed by atoms with Crippen LogP contribution in [0.1, 0.15) is 30.2 Å². The number of hydrogen-bond donors (Lipinski definition) is 0. The molecule has 16 heavy (non-hydrogen) atoms. The van der Waals surface area contributed by atoms with Gasteiger partial charge in [0.15, 0.2) is 5.82 Å². The first-order valence-electron chi connectivity index (χ1n) is 5.74. The topological polar surface area (TPSA) is 48.5 Å². The maximum Gasteiger partial charge on any atom is 0.154 e. The normalized spacial score (nSPS) is 15.1. The first-order valence-corrected chi connectivity index (χ1v) is 5.74. The fourth-order valence-electron chi connectivity index (χ4n) is 2.18. The van der Waals surface area contributed by atoms with Crippen LogP contribution < -0.4 is 0 Å². The Hall–Kier alpha value is -1.65. The van der Waals surface area contributed by atoms with Gasteiger partial charge in [0.2, 0.25) is 0 Å². The third kappa shape index (κ3) is 1.52. The van der Waals surface area contributed by atoms with Crippen LogP contribution in [0.5, 0.6) is 0 Å². The molecular formula is C11H15N5. The maximum absolute atomic E-state index is 4.28. The Morgan fingerprint density at radius 3 is 3.06 bits per heavy atom. The summed E-state index contributed by atoms with van der Waals surface area (Å²) in [6, 6.07) is 2.01. The molecule has 0 saturated heterocycles. The quantitative estimate of drug-likeness (QED) is 0.758. The molecule has 0 radical (unpaired) electrons. The van der Waals surface area contributed by atoms with Gasteiger partial charge in [-0.25, -0.2) is 0 Å². The van der Waals surface area contributed by atoms with E-state index in [2.05, 4.69) is 26.8 Å². The zero-order valence-corrected chi connectivity index (χ0v) is 9.43. The SMILES string of the molecule is Cc1ccnn1Cc1nnc2n1CCCC2. The van der Waals surface area contributed by atoms with Crippen LogP contribution in [0.25, 0.3) is 0 Å². The van der Waals surface area contributed by atoms with Crippen molar-refractivity contribution in [2.75, 3.05) is 0 Å². The monoisotopic (exact) mass is 217 g/mol. The third-order valence-electron chi connectivity index (χ3n) is 3.16. The molecule has 0 fully saturated rings. The van der Waals surface area contributed by atoms with Gasteiger partial charge in [0.05, 0.1) is 0 Å². The Balaban J connectivity index is 1.90. The molecule has 84 valence electrons. The summed E-state index contributed by atoms with van der Waals surface area (Å²) < 4.78 is 4.20. The van der Waals surface area contributed by atoms with E-state index >= 15 is 0 Å². The number of fused-ring (bicyclic) bond motifs is 1. The van der Waals surface area contributed by atoms with Gasteiger partial charge in [-0.1, -0.05) is 0 Å². The molecule has 0 amide bonds. The standard InChI is InChI=1S/C11H15N5/c1-9-5-6-12-16(9)8-11-14-13-10-4-2-3-7-15(10)11/h5-6H,2-4,7-8H2,1H3. The van der Waals surface area contributed by atoms with Crippen molar-refractivity contribution in [3.05, 3.63) is 29.6 Å². The van der Waals surface area contributed by atoms with Crippen LogP contribution in [-0.2, 0) is 19.5 Å². The molecule has 2 aromatic rings. The molecule has 0 aliphatic carbocycles. The van der Waals surface area contributed by atoms with Crippen molar-refractivity contribution in [1.82, 2.24) is 24.5 Å². The number of aryl methyl sites for hydroxylation is 2. The summed E-state index contributed by atoms with van der Waals surface area (Å²) in [5.74, 6) is 2.16. The Labute approximate surface area is 94.1 Å². The molecule has 2 aromatic heterocycles. The fraction of sp³-hybridized carbons (Fsp3) is 0.545. The average Bonchev–Trinajstić information content (AvgIpc) is 2.88. The van der Waals surface area contributed by atoms with E-state index in [9.17, 15) is 0 Å². The third-order valence-corrected chi connectivity index (χ3v) is 3.16. The summed E-state index contributed by atoms with van der Waals surface area (Å²) in [7, 11) is 0. The lowest BCUT2D eigenvalue weighted by atomic mass is 10.2. The van der Waals surface area contributed by atoms with Crippen LogP contribution in [0.3, 0.4) is 0 Å². The Kier molecular flexibility index (Phi) is 2.23. The van der Waals surface area contributed by atoms with E-state index in [0.29, 0.717) is 0 Å². The zero-order valence-electron chi connectivity index (χ0n) is 9.43. The summed E-state index contributed by atoms with van der Waals surface area (Å²) in [5, 5.41) is 12.8. The predicted octanol–water partition coefficient (Wildman–Crippen LogP) is 1.17. The molecule has 5 heteroatoms. The molecular weight excluding hydrogens is 202 g/mol. The molecule has 0 atom stereocenters. The van der Waals surface area contributed by atoms with Crippen molar-refractivity contribution in [3.63, 3.8) is 0 Å². The van der Waals surface area contributed by atoms with Gasteiger partial charge in [-0.05, 0) is 25.8 Å². The second-order valence-electron chi connectivity index (χ2n) is 4.27. The minimum atomic E-state index is 0.728. The van der Waals surface area contributed by atoms with Crippen molar-refractivity contribution in [1.29, 1.82) is 0 Å². The van der Waals surface area contributed by atoms with Gasteiger partial charge in [0.25, 0.3) is 0 Å². The van der Waals surface area contributed by atoms with Crippen LogP contribution >= 0.6 is 0 Å². The summed E-state index contributed by atoms with van der Waals surface area (Å²) >= 11 is 0. The fourth-order valence-corrected chi connectivity index (χ4v) is 2.18. The van der Waals surface area contributed by atoms with Gasteiger partial charge in [-0.15, -0.1) is 10.2 Å². The molecule has 0 N–H and O–H groups in total. The zero-order chi connectivity index (χ0) is 11.0. The second kappa shape index (κ2) is 3.73. The minimum Gasteiger partial charge on any atom is -0.313 e. The first-order chi connectivity index (χ1) is 7.84. The molecule has 0 saturated carbocycles.